The van der Waals surface area contributed by atoms with Crippen LogP contribution in [0.2, 0.25) is 0 Å². The molecule has 1 aliphatic heterocycles. The van der Waals surface area contributed by atoms with Gasteiger partial charge in [-0.3, -0.25) is 0 Å². The second-order valence-electron chi connectivity index (χ2n) is 3.79. The van der Waals surface area contributed by atoms with E-state index in [0.717, 1.165) is 5.75 Å². The van der Waals surface area contributed by atoms with Crippen molar-refractivity contribution in [1.82, 2.24) is 0 Å². The van der Waals surface area contributed by atoms with Gasteiger partial charge in [0.15, 0.2) is 11.5 Å². The third-order valence-corrected chi connectivity index (χ3v) is 2.00. The minimum Gasteiger partial charge on any atom is -0.486 e. The fraction of sp³-hybridized carbons (Fsp3) is 0.333. The molecule has 0 amide bonds. The molecule has 0 saturated heterocycles. The number of rotatable bonds is 3. The molecule has 80 valence electrons. The lowest BCUT2D eigenvalue weighted by atomic mass is 10.3. The Hall–Kier alpha value is -1.64. The van der Waals surface area contributed by atoms with E-state index in [2.05, 4.69) is 6.58 Å². The molecule has 2 rings (SSSR count). The second-order valence-corrected chi connectivity index (χ2v) is 3.79. The van der Waals surface area contributed by atoms with Gasteiger partial charge in [0.1, 0.15) is 6.61 Å². The maximum absolute atomic E-state index is 5.64. The highest BCUT2D eigenvalue weighted by Gasteiger charge is 2.33. The molecule has 1 aliphatic rings. The summed E-state index contributed by atoms with van der Waals surface area (Å²) < 4.78 is 16.7. The van der Waals surface area contributed by atoms with Gasteiger partial charge in [-0.2, -0.15) is 0 Å². The molecule has 0 N–H and O–H groups in total. The van der Waals surface area contributed by atoms with Crippen LogP contribution in [0.15, 0.2) is 30.9 Å². The van der Waals surface area contributed by atoms with Crippen molar-refractivity contribution in [2.75, 3.05) is 6.61 Å². The SMILES string of the molecule is C=CCOc1cccc2c1OC(C)(C)O2. The summed E-state index contributed by atoms with van der Waals surface area (Å²) in [5.74, 6) is 1.47. The smallest absolute Gasteiger partial charge is 0.246 e. The first-order chi connectivity index (χ1) is 7.12. The standard InChI is InChI=1S/C12H14O3/c1-4-8-13-9-6-5-7-10-11(9)15-12(2,3)14-10/h4-7H,1,8H2,2-3H3. The summed E-state index contributed by atoms with van der Waals surface area (Å²) in [5.41, 5.74) is 0. The molecule has 15 heavy (non-hydrogen) atoms. The van der Waals surface area contributed by atoms with E-state index in [1.807, 2.05) is 32.0 Å². The maximum Gasteiger partial charge on any atom is 0.246 e. The van der Waals surface area contributed by atoms with Crippen LogP contribution in [-0.4, -0.2) is 12.4 Å². The zero-order valence-electron chi connectivity index (χ0n) is 8.95. The topological polar surface area (TPSA) is 27.7 Å². The van der Waals surface area contributed by atoms with Crippen LogP contribution in [0.3, 0.4) is 0 Å². The summed E-state index contributed by atoms with van der Waals surface area (Å²) in [6.45, 7) is 7.79. The molecule has 1 aromatic rings. The third kappa shape index (κ3) is 1.91. The molecule has 0 spiro atoms. The predicted molar refractivity (Wildman–Crippen MR) is 57.5 cm³/mol. The van der Waals surface area contributed by atoms with E-state index in [-0.39, 0.29) is 0 Å². The average Bonchev–Trinajstić information content (AvgIpc) is 2.49. The molecule has 0 saturated carbocycles. The van der Waals surface area contributed by atoms with Crippen LogP contribution < -0.4 is 14.2 Å². The first-order valence-electron chi connectivity index (χ1n) is 4.87. The summed E-state index contributed by atoms with van der Waals surface area (Å²) in [6, 6.07) is 5.60. The zero-order chi connectivity index (χ0) is 10.9. The first-order valence-corrected chi connectivity index (χ1v) is 4.87. The van der Waals surface area contributed by atoms with Gasteiger partial charge in [-0.05, 0) is 12.1 Å². The lowest BCUT2D eigenvalue weighted by Gasteiger charge is -2.16. The van der Waals surface area contributed by atoms with Crippen molar-refractivity contribution < 1.29 is 14.2 Å². The van der Waals surface area contributed by atoms with E-state index in [1.54, 1.807) is 6.08 Å². The fourth-order valence-corrected chi connectivity index (χ4v) is 1.47. The molecular weight excluding hydrogens is 192 g/mol. The summed E-state index contributed by atoms with van der Waals surface area (Å²) in [6.07, 6.45) is 1.69. The number of benzene rings is 1. The highest BCUT2D eigenvalue weighted by Crippen LogP contribution is 2.45. The fourth-order valence-electron chi connectivity index (χ4n) is 1.47. The Morgan fingerprint density at radius 2 is 2.20 bits per heavy atom. The molecular formula is C12H14O3. The van der Waals surface area contributed by atoms with Crippen molar-refractivity contribution in [2.24, 2.45) is 0 Å². The molecule has 1 aromatic carbocycles. The summed E-state index contributed by atoms with van der Waals surface area (Å²) in [4.78, 5) is 0. The van der Waals surface area contributed by atoms with E-state index in [9.17, 15) is 0 Å². The van der Waals surface area contributed by atoms with Gasteiger partial charge in [0.2, 0.25) is 11.5 Å². The Morgan fingerprint density at radius 3 is 2.93 bits per heavy atom. The van der Waals surface area contributed by atoms with Crippen LogP contribution in [0, 0.1) is 0 Å². The van der Waals surface area contributed by atoms with Crippen LogP contribution in [0.4, 0.5) is 0 Å². The molecule has 0 unspecified atom stereocenters. The normalized spacial score (nSPS) is 16.1. The van der Waals surface area contributed by atoms with Gasteiger partial charge in [0.25, 0.3) is 0 Å². The Labute approximate surface area is 89.3 Å². The summed E-state index contributed by atoms with van der Waals surface area (Å²) in [7, 11) is 0. The Balaban J connectivity index is 2.29. The molecule has 1 heterocycles. The number of ether oxygens (including phenoxy) is 3. The largest absolute Gasteiger partial charge is 0.486 e. The van der Waals surface area contributed by atoms with Gasteiger partial charge < -0.3 is 14.2 Å². The second kappa shape index (κ2) is 3.50. The quantitative estimate of drug-likeness (QED) is 0.712. The van der Waals surface area contributed by atoms with Crippen molar-refractivity contribution in [3.8, 4) is 17.2 Å². The minimum absolute atomic E-state index is 0.459. The number of para-hydroxylation sites is 1. The molecule has 0 fully saturated rings. The van der Waals surface area contributed by atoms with E-state index in [0.29, 0.717) is 18.1 Å². The van der Waals surface area contributed by atoms with Crippen LogP contribution in [0.5, 0.6) is 17.2 Å². The van der Waals surface area contributed by atoms with Gasteiger partial charge in [-0.1, -0.05) is 18.7 Å². The lowest BCUT2D eigenvalue weighted by Crippen LogP contribution is -2.29. The highest BCUT2D eigenvalue weighted by atomic mass is 16.7. The monoisotopic (exact) mass is 206 g/mol. The summed E-state index contributed by atoms with van der Waals surface area (Å²) in [5, 5.41) is 0. The Bertz CT molecular complexity index is 382. The van der Waals surface area contributed by atoms with Crippen LogP contribution in [-0.2, 0) is 0 Å². The summed E-state index contributed by atoms with van der Waals surface area (Å²) >= 11 is 0. The van der Waals surface area contributed by atoms with Crippen molar-refractivity contribution in [3.05, 3.63) is 30.9 Å². The first kappa shape index (κ1) is 9.90. The van der Waals surface area contributed by atoms with E-state index >= 15 is 0 Å². The third-order valence-electron chi connectivity index (χ3n) is 2.00. The van der Waals surface area contributed by atoms with Gasteiger partial charge >= 0.3 is 0 Å². The van der Waals surface area contributed by atoms with Gasteiger partial charge in [-0.25, -0.2) is 0 Å². The van der Waals surface area contributed by atoms with Gasteiger partial charge in [0, 0.05) is 13.8 Å². The Morgan fingerprint density at radius 1 is 1.40 bits per heavy atom. The van der Waals surface area contributed by atoms with E-state index in [4.69, 9.17) is 14.2 Å². The van der Waals surface area contributed by atoms with E-state index < -0.39 is 5.79 Å². The van der Waals surface area contributed by atoms with Crippen LogP contribution >= 0.6 is 0 Å². The molecule has 0 radical (unpaired) electrons. The maximum atomic E-state index is 5.64. The van der Waals surface area contributed by atoms with Crippen molar-refractivity contribution in [1.29, 1.82) is 0 Å². The van der Waals surface area contributed by atoms with Crippen molar-refractivity contribution >= 4 is 0 Å². The van der Waals surface area contributed by atoms with Gasteiger partial charge in [0.05, 0.1) is 0 Å². The van der Waals surface area contributed by atoms with E-state index in [1.165, 1.54) is 0 Å². The molecule has 0 atom stereocenters. The number of fused-ring (bicyclic) bond motifs is 1. The highest BCUT2D eigenvalue weighted by molar-refractivity contribution is 5.53. The molecule has 0 aliphatic carbocycles. The van der Waals surface area contributed by atoms with Crippen molar-refractivity contribution in [2.45, 2.75) is 19.6 Å². The Kier molecular flexibility index (Phi) is 2.31. The lowest BCUT2D eigenvalue weighted by molar-refractivity contribution is -0.0440. The van der Waals surface area contributed by atoms with Crippen LogP contribution in [0.1, 0.15) is 13.8 Å². The predicted octanol–water partition coefficient (Wildman–Crippen LogP) is 2.76. The van der Waals surface area contributed by atoms with Crippen molar-refractivity contribution in [3.63, 3.8) is 0 Å². The molecule has 0 aromatic heterocycles. The molecule has 0 bridgehead atoms. The number of hydrogen-bond acceptors (Lipinski definition) is 3. The number of hydrogen-bond donors (Lipinski definition) is 0. The molecule has 3 nitrogen and oxygen atoms in total. The average molecular weight is 206 g/mol. The van der Waals surface area contributed by atoms with Gasteiger partial charge in [-0.15, -0.1) is 0 Å². The zero-order valence-corrected chi connectivity index (χ0v) is 8.95. The minimum atomic E-state index is -0.615. The van der Waals surface area contributed by atoms with Crippen LogP contribution in [0.25, 0.3) is 0 Å². The molecule has 3 heteroatoms.